The van der Waals surface area contributed by atoms with E-state index in [1.54, 1.807) is 17.9 Å². The van der Waals surface area contributed by atoms with Crippen molar-refractivity contribution in [2.45, 2.75) is 19.4 Å². The molecule has 40 heavy (non-hydrogen) atoms. The van der Waals surface area contributed by atoms with Crippen molar-refractivity contribution in [1.82, 2.24) is 29.7 Å². The summed E-state index contributed by atoms with van der Waals surface area (Å²) in [4.78, 5) is 32.7. The first kappa shape index (κ1) is 26.2. The summed E-state index contributed by atoms with van der Waals surface area (Å²) in [6.07, 6.45) is 3.89. The van der Waals surface area contributed by atoms with Crippen molar-refractivity contribution < 1.29 is 4.74 Å². The van der Waals surface area contributed by atoms with Crippen LogP contribution in [-0.2, 0) is 6.54 Å². The third-order valence-corrected chi connectivity index (χ3v) is 7.81. The van der Waals surface area contributed by atoms with E-state index in [4.69, 9.17) is 14.7 Å². The fraction of sp³-hybridized carbons (Fsp3) is 0.400. The average Bonchev–Trinajstić information content (AvgIpc) is 2.99. The Morgan fingerprint density at radius 3 is 2.67 bits per heavy atom. The van der Waals surface area contributed by atoms with Gasteiger partial charge in [-0.3, -0.25) is 9.36 Å². The molecule has 208 valence electrons. The zero-order valence-electron chi connectivity index (χ0n) is 23.1. The van der Waals surface area contributed by atoms with E-state index in [0.717, 1.165) is 69.0 Å². The fourth-order valence-corrected chi connectivity index (χ4v) is 5.75. The predicted molar refractivity (Wildman–Crippen MR) is 159 cm³/mol. The molecule has 1 atom stereocenters. The zero-order valence-corrected chi connectivity index (χ0v) is 23.1. The molecule has 4 heterocycles. The van der Waals surface area contributed by atoms with Gasteiger partial charge in [-0.15, -0.1) is 0 Å². The van der Waals surface area contributed by atoms with Crippen LogP contribution in [0.15, 0.2) is 59.5 Å². The van der Waals surface area contributed by atoms with Crippen LogP contribution in [0.2, 0.25) is 0 Å². The number of hydrogen-bond donors (Lipinski definition) is 2. The number of piperidine rings is 1. The fourth-order valence-electron chi connectivity index (χ4n) is 5.75. The Morgan fingerprint density at radius 2 is 1.90 bits per heavy atom. The van der Waals surface area contributed by atoms with Crippen molar-refractivity contribution in [3.05, 3.63) is 65.1 Å². The summed E-state index contributed by atoms with van der Waals surface area (Å²) in [5.41, 5.74) is 4.09. The van der Waals surface area contributed by atoms with Gasteiger partial charge >= 0.3 is 0 Å². The molecule has 0 radical (unpaired) electrons. The second-order valence-corrected chi connectivity index (χ2v) is 10.7. The van der Waals surface area contributed by atoms with Crippen LogP contribution >= 0.6 is 0 Å². The van der Waals surface area contributed by atoms with E-state index in [0.29, 0.717) is 41.0 Å². The monoisotopic (exact) mass is 540 g/mol. The molecular formula is C30H36N8O2. The number of ether oxygens (including phenoxy) is 1. The van der Waals surface area contributed by atoms with Gasteiger partial charge in [-0.05, 0) is 44.5 Å². The van der Waals surface area contributed by atoms with Crippen molar-refractivity contribution in [2.24, 2.45) is 5.92 Å². The molecule has 4 aromatic rings. The molecule has 0 aliphatic carbocycles. The highest BCUT2D eigenvalue weighted by Crippen LogP contribution is 2.32. The summed E-state index contributed by atoms with van der Waals surface area (Å²) >= 11 is 0. The molecule has 0 amide bonds. The van der Waals surface area contributed by atoms with Crippen LogP contribution in [0.5, 0.6) is 5.75 Å². The summed E-state index contributed by atoms with van der Waals surface area (Å²) in [5, 5.41) is 6.71. The van der Waals surface area contributed by atoms with E-state index in [-0.39, 0.29) is 5.56 Å². The highest BCUT2D eigenvalue weighted by atomic mass is 16.5. The Labute approximate surface area is 234 Å². The van der Waals surface area contributed by atoms with Crippen LogP contribution < -0.4 is 25.8 Å². The van der Waals surface area contributed by atoms with Crippen molar-refractivity contribution >= 4 is 28.5 Å². The number of nitrogens with one attached hydrogen (secondary N) is 2. The second kappa shape index (κ2) is 11.6. The summed E-state index contributed by atoms with van der Waals surface area (Å²) in [7, 11) is 3.80. The predicted octanol–water partition coefficient (Wildman–Crippen LogP) is 3.36. The number of benzene rings is 2. The number of anilines is 3. The minimum absolute atomic E-state index is 0.130. The lowest BCUT2D eigenvalue weighted by molar-refractivity contribution is 0.194. The normalized spacial score (nSPS) is 18.1. The van der Waals surface area contributed by atoms with Gasteiger partial charge in [0, 0.05) is 56.6 Å². The van der Waals surface area contributed by atoms with Crippen molar-refractivity contribution in [2.75, 3.05) is 63.6 Å². The van der Waals surface area contributed by atoms with E-state index in [2.05, 4.69) is 38.5 Å². The number of nitrogens with zero attached hydrogens (tertiary/aromatic N) is 6. The second-order valence-electron chi connectivity index (χ2n) is 10.7. The quantitative estimate of drug-likeness (QED) is 0.366. The Morgan fingerprint density at radius 1 is 1.07 bits per heavy atom. The van der Waals surface area contributed by atoms with Crippen LogP contribution in [0.25, 0.3) is 22.4 Å². The first-order valence-electron chi connectivity index (χ1n) is 14.0. The highest BCUT2D eigenvalue weighted by molar-refractivity contribution is 5.76. The molecule has 0 bridgehead atoms. The molecule has 2 aromatic heterocycles. The lowest BCUT2D eigenvalue weighted by Gasteiger charge is -2.30. The average molecular weight is 541 g/mol. The van der Waals surface area contributed by atoms with Gasteiger partial charge in [0.1, 0.15) is 17.0 Å². The van der Waals surface area contributed by atoms with Crippen molar-refractivity contribution in [3.63, 3.8) is 0 Å². The van der Waals surface area contributed by atoms with Gasteiger partial charge in [0.2, 0.25) is 5.95 Å². The van der Waals surface area contributed by atoms with Crippen LogP contribution in [0.3, 0.4) is 0 Å². The van der Waals surface area contributed by atoms with Gasteiger partial charge in [-0.2, -0.15) is 4.98 Å². The van der Waals surface area contributed by atoms with Gasteiger partial charge in [0.15, 0.2) is 5.65 Å². The van der Waals surface area contributed by atoms with E-state index in [9.17, 15) is 4.79 Å². The molecule has 0 spiro atoms. The van der Waals surface area contributed by atoms with Crippen molar-refractivity contribution in [1.29, 1.82) is 0 Å². The van der Waals surface area contributed by atoms with E-state index >= 15 is 0 Å². The Hall–Kier alpha value is -4.02. The minimum Gasteiger partial charge on any atom is -0.494 e. The van der Waals surface area contributed by atoms with Gasteiger partial charge < -0.3 is 25.2 Å². The summed E-state index contributed by atoms with van der Waals surface area (Å²) < 4.78 is 7.52. The number of rotatable bonds is 7. The number of fused-ring (bicyclic) bond motifs is 1. The lowest BCUT2D eigenvalue weighted by atomic mass is 9.98. The molecule has 2 N–H and O–H groups in total. The number of methoxy groups -OCH3 is 1. The lowest BCUT2D eigenvalue weighted by Crippen LogP contribution is -2.43. The Bertz CT molecular complexity index is 1530. The first-order chi connectivity index (χ1) is 19.6. The molecule has 2 aliphatic rings. The molecule has 2 fully saturated rings. The maximum atomic E-state index is 13.9. The standard InChI is InChI=1S/C30H36N8O2/c1-36-14-6-7-21(19-36)20-38-28-25(33-27(29(38)39)22-8-4-3-5-9-22)18-32-30(35-28)34-24-11-10-23(17-26(24)40-2)37-15-12-31-13-16-37/h3-5,8-11,17-18,21,31H,6-7,12-16,19-20H2,1-2H3,(H,32,34,35)/t21-/m0/s1. The summed E-state index contributed by atoms with van der Waals surface area (Å²) in [5.74, 6) is 1.46. The zero-order chi connectivity index (χ0) is 27.5. The van der Waals surface area contributed by atoms with E-state index < -0.39 is 0 Å². The highest BCUT2D eigenvalue weighted by Gasteiger charge is 2.22. The van der Waals surface area contributed by atoms with Gasteiger partial charge in [0.25, 0.3) is 5.56 Å². The van der Waals surface area contributed by atoms with Crippen LogP contribution in [0.4, 0.5) is 17.3 Å². The topological polar surface area (TPSA) is 100 Å². The number of piperazine rings is 1. The number of likely N-dealkylation sites (tertiary alicyclic amines) is 1. The molecule has 6 rings (SSSR count). The first-order valence-corrected chi connectivity index (χ1v) is 14.0. The molecule has 2 aliphatic heterocycles. The molecule has 0 saturated carbocycles. The number of aromatic nitrogens is 4. The van der Waals surface area contributed by atoms with Gasteiger partial charge in [-0.25, -0.2) is 9.97 Å². The van der Waals surface area contributed by atoms with Crippen LogP contribution in [0.1, 0.15) is 12.8 Å². The molecule has 10 nitrogen and oxygen atoms in total. The summed E-state index contributed by atoms with van der Waals surface area (Å²) in [6.45, 7) is 6.46. The third-order valence-electron chi connectivity index (χ3n) is 7.81. The molecule has 10 heteroatoms. The van der Waals surface area contributed by atoms with Crippen molar-refractivity contribution in [3.8, 4) is 17.0 Å². The molecule has 0 unspecified atom stereocenters. The van der Waals surface area contributed by atoms with Crippen LogP contribution in [0, 0.1) is 5.92 Å². The molecule has 2 aromatic carbocycles. The maximum Gasteiger partial charge on any atom is 0.278 e. The third kappa shape index (κ3) is 5.50. The van der Waals surface area contributed by atoms with Crippen LogP contribution in [-0.4, -0.2) is 77.8 Å². The van der Waals surface area contributed by atoms with Gasteiger partial charge in [-0.1, -0.05) is 30.3 Å². The molecular weight excluding hydrogens is 504 g/mol. The SMILES string of the molecule is COc1cc(N2CCNCC2)ccc1Nc1ncc2nc(-c3ccccc3)c(=O)n(C[C@H]3CCCN(C)C3)c2n1. The molecule has 2 saturated heterocycles. The maximum absolute atomic E-state index is 13.9. The Balaban J connectivity index is 1.37. The largest absolute Gasteiger partial charge is 0.494 e. The van der Waals surface area contributed by atoms with E-state index in [1.807, 2.05) is 42.5 Å². The minimum atomic E-state index is -0.130. The van der Waals surface area contributed by atoms with E-state index in [1.165, 1.54) is 0 Å². The number of hydrogen-bond acceptors (Lipinski definition) is 9. The summed E-state index contributed by atoms with van der Waals surface area (Å²) in [6, 6.07) is 15.7. The Kier molecular flexibility index (Phi) is 7.61. The van der Waals surface area contributed by atoms with Gasteiger partial charge in [0.05, 0.1) is 19.0 Å². The smallest absolute Gasteiger partial charge is 0.278 e.